The van der Waals surface area contributed by atoms with Gasteiger partial charge in [0.1, 0.15) is 10.7 Å². The Bertz CT molecular complexity index is 901. The predicted molar refractivity (Wildman–Crippen MR) is 110 cm³/mol. The number of amides is 1. The maximum Gasteiger partial charge on any atom is 0.271 e. The number of nitrogens with zero attached hydrogens (tertiary/aromatic N) is 2. The molecule has 1 fully saturated rings. The molecule has 4 rings (SSSR count). The van der Waals surface area contributed by atoms with Gasteiger partial charge in [-0.25, -0.2) is 4.98 Å². The van der Waals surface area contributed by atoms with Gasteiger partial charge in [-0.3, -0.25) is 9.69 Å². The highest BCUT2D eigenvalue weighted by atomic mass is 32.1. The molecule has 0 radical (unpaired) electrons. The second kappa shape index (κ2) is 8.46. The van der Waals surface area contributed by atoms with E-state index in [4.69, 9.17) is 0 Å². The molecule has 138 valence electrons. The number of hydrogen-bond donors (Lipinski definition) is 1. The smallest absolute Gasteiger partial charge is 0.271 e. The number of benzene rings is 2. The Balaban J connectivity index is 1.40. The first-order valence-corrected chi connectivity index (χ1v) is 10.3. The van der Waals surface area contributed by atoms with Gasteiger partial charge in [0.2, 0.25) is 0 Å². The minimum atomic E-state index is -0.121. The van der Waals surface area contributed by atoms with Crippen LogP contribution in [0.1, 0.15) is 34.5 Å². The Hall–Kier alpha value is -2.50. The van der Waals surface area contributed by atoms with E-state index in [9.17, 15) is 4.79 Å². The van der Waals surface area contributed by atoms with Crippen LogP contribution in [0.4, 0.5) is 0 Å². The molecule has 0 spiro atoms. The molecular formula is C22H23N3OS. The number of carbonyl (C=O) groups excluding carboxylic acids is 1. The van der Waals surface area contributed by atoms with Gasteiger partial charge in [-0.05, 0) is 37.1 Å². The van der Waals surface area contributed by atoms with Crippen LogP contribution in [0.2, 0.25) is 0 Å². The van der Waals surface area contributed by atoms with Gasteiger partial charge in [0.05, 0.1) is 0 Å². The van der Waals surface area contributed by atoms with Gasteiger partial charge in [-0.1, -0.05) is 54.6 Å². The number of nitrogens with one attached hydrogen (secondary N) is 1. The quantitative estimate of drug-likeness (QED) is 0.695. The maximum absolute atomic E-state index is 12.5. The molecule has 0 aliphatic carbocycles. The minimum absolute atomic E-state index is 0.121. The van der Waals surface area contributed by atoms with Crippen LogP contribution in [-0.2, 0) is 13.1 Å². The number of aromatic nitrogens is 1. The van der Waals surface area contributed by atoms with E-state index in [1.54, 1.807) is 0 Å². The van der Waals surface area contributed by atoms with Crippen LogP contribution in [0, 0.1) is 0 Å². The third-order valence-electron chi connectivity index (χ3n) is 4.91. The summed E-state index contributed by atoms with van der Waals surface area (Å²) in [6, 6.07) is 18.3. The van der Waals surface area contributed by atoms with E-state index < -0.39 is 0 Å². The van der Waals surface area contributed by atoms with Crippen LogP contribution in [0.15, 0.2) is 60.0 Å². The van der Waals surface area contributed by atoms with Gasteiger partial charge < -0.3 is 5.32 Å². The third kappa shape index (κ3) is 4.43. The van der Waals surface area contributed by atoms with E-state index in [1.807, 2.05) is 41.8 Å². The summed E-state index contributed by atoms with van der Waals surface area (Å²) in [6.45, 7) is 3.82. The highest BCUT2D eigenvalue weighted by Gasteiger charge is 2.15. The fraction of sp³-hybridized carbons (Fsp3) is 0.273. The molecule has 1 aliphatic rings. The molecule has 1 saturated heterocycles. The van der Waals surface area contributed by atoms with Gasteiger partial charge in [0.15, 0.2) is 0 Å². The fourth-order valence-electron chi connectivity index (χ4n) is 3.42. The molecule has 0 unspecified atom stereocenters. The van der Waals surface area contributed by atoms with Gasteiger partial charge in [-0.2, -0.15) is 0 Å². The van der Waals surface area contributed by atoms with Gasteiger partial charge >= 0.3 is 0 Å². The molecular weight excluding hydrogens is 354 g/mol. The van der Waals surface area contributed by atoms with Crippen molar-refractivity contribution in [1.82, 2.24) is 15.2 Å². The van der Waals surface area contributed by atoms with E-state index in [1.165, 1.54) is 48.4 Å². The number of hydrogen-bond acceptors (Lipinski definition) is 4. The van der Waals surface area contributed by atoms with Gasteiger partial charge in [0, 0.05) is 24.0 Å². The average Bonchev–Trinajstić information content (AvgIpc) is 3.40. The minimum Gasteiger partial charge on any atom is -0.347 e. The Morgan fingerprint density at radius 3 is 2.48 bits per heavy atom. The van der Waals surface area contributed by atoms with Gasteiger partial charge in [-0.15, -0.1) is 11.3 Å². The van der Waals surface area contributed by atoms with E-state index in [0.29, 0.717) is 12.2 Å². The lowest BCUT2D eigenvalue weighted by Gasteiger charge is -2.17. The van der Waals surface area contributed by atoms with Crippen molar-refractivity contribution >= 4 is 17.2 Å². The summed E-state index contributed by atoms with van der Waals surface area (Å²) in [7, 11) is 0. The Morgan fingerprint density at radius 1 is 1.00 bits per heavy atom. The molecule has 0 bridgehead atoms. The molecule has 1 amide bonds. The number of thiazole rings is 1. The van der Waals surface area contributed by atoms with Crippen molar-refractivity contribution < 1.29 is 4.79 Å². The number of likely N-dealkylation sites (tertiary alicyclic amines) is 1. The average molecular weight is 378 g/mol. The Kier molecular flexibility index (Phi) is 5.61. The highest BCUT2D eigenvalue weighted by Crippen LogP contribution is 2.23. The molecule has 0 saturated carbocycles. The standard InChI is InChI=1S/C22H23N3OS/c26-21(20-16-27-22(24-20)17-8-2-1-3-9-17)23-14-18-10-4-5-11-19(18)15-25-12-6-7-13-25/h1-5,8-11,16H,6-7,12-15H2,(H,23,26). The summed E-state index contributed by atoms with van der Waals surface area (Å²) in [6.07, 6.45) is 2.57. The third-order valence-corrected chi connectivity index (χ3v) is 5.80. The van der Waals surface area contributed by atoms with Crippen molar-refractivity contribution in [2.75, 3.05) is 13.1 Å². The van der Waals surface area contributed by atoms with Crippen molar-refractivity contribution in [3.8, 4) is 10.6 Å². The largest absolute Gasteiger partial charge is 0.347 e. The summed E-state index contributed by atoms with van der Waals surface area (Å²) in [5.41, 5.74) is 3.99. The maximum atomic E-state index is 12.5. The molecule has 1 aliphatic heterocycles. The van der Waals surface area contributed by atoms with E-state index in [2.05, 4.69) is 33.4 Å². The SMILES string of the molecule is O=C(NCc1ccccc1CN1CCCC1)c1csc(-c2ccccc2)n1. The zero-order valence-electron chi connectivity index (χ0n) is 15.2. The first-order valence-electron chi connectivity index (χ1n) is 9.38. The van der Waals surface area contributed by atoms with Crippen LogP contribution in [0.5, 0.6) is 0 Å². The molecule has 1 aromatic heterocycles. The van der Waals surface area contributed by atoms with Crippen molar-refractivity contribution in [3.05, 3.63) is 76.8 Å². The summed E-state index contributed by atoms with van der Waals surface area (Å²) >= 11 is 1.50. The first-order chi connectivity index (χ1) is 13.3. The number of rotatable bonds is 6. The second-order valence-corrected chi connectivity index (χ2v) is 7.70. The zero-order valence-corrected chi connectivity index (χ0v) is 16.0. The topological polar surface area (TPSA) is 45.2 Å². The molecule has 2 heterocycles. The van der Waals surface area contributed by atoms with Crippen LogP contribution >= 0.6 is 11.3 Å². The normalized spacial score (nSPS) is 14.4. The molecule has 0 atom stereocenters. The van der Waals surface area contributed by atoms with Crippen LogP contribution < -0.4 is 5.32 Å². The molecule has 3 aromatic rings. The summed E-state index contributed by atoms with van der Waals surface area (Å²) in [5.74, 6) is -0.121. The Morgan fingerprint density at radius 2 is 1.70 bits per heavy atom. The Labute approximate surface area is 163 Å². The monoisotopic (exact) mass is 377 g/mol. The van der Waals surface area contributed by atoms with Crippen molar-refractivity contribution in [2.24, 2.45) is 0 Å². The van der Waals surface area contributed by atoms with Crippen molar-refractivity contribution in [3.63, 3.8) is 0 Å². The molecule has 1 N–H and O–H groups in total. The fourth-order valence-corrected chi connectivity index (χ4v) is 4.23. The molecule has 2 aromatic carbocycles. The van der Waals surface area contributed by atoms with E-state index >= 15 is 0 Å². The summed E-state index contributed by atoms with van der Waals surface area (Å²) in [4.78, 5) is 19.5. The van der Waals surface area contributed by atoms with Crippen LogP contribution in [0.25, 0.3) is 10.6 Å². The summed E-state index contributed by atoms with van der Waals surface area (Å²) < 4.78 is 0. The molecule has 4 nitrogen and oxygen atoms in total. The number of carbonyl (C=O) groups is 1. The lowest BCUT2D eigenvalue weighted by Crippen LogP contribution is -2.25. The van der Waals surface area contributed by atoms with E-state index in [-0.39, 0.29) is 5.91 Å². The van der Waals surface area contributed by atoms with Gasteiger partial charge in [0.25, 0.3) is 5.91 Å². The van der Waals surface area contributed by atoms with Crippen molar-refractivity contribution in [1.29, 1.82) is 0 Å². The van der Waals surface area contributed by atoms with Crippen molar-refractivity contribution in [2.45, 2.75) is 25.9 Å². The van der Waals surface area contributed by atoms with E-state index in [0.717, 1.165) is 17.1 Å². The lowest BCUT2D eigenvalue weighted by atomic mass is 10.1. The first kappa shape index (κ1) is 17.9. The zero-order chi connectivity index (χ0) is 18.5. The van der Waals surface area contributed by atoms with Crippen LogP contribution in [0.3, 0.4) is 0 Å². The summed E-state index contributed by atoms with van der Waals surface area (Å²) in [5, 5.41) is 5.73. The second-order valence-electron chi connectivity index (χ2n) is 6.84. The lowest BCUT2D eigenvalue weighted by molar-refractivity contribution is 0.0946. The highest BCUT2D eigenvalue weighted by molar-refractivity contribution is 7.13. The molecule has 27 heavy (non-hydrogen) atoms. The predicted octanol–water partition coefficient (Wildman–Crippen LogP) is 4.34. The van der Waals surface area contributed by atoms with Crippen LogP contribution in [-0.4, -0.2) is 28.9 Å². The molecule has 5 heteroatoms.